The summed E-state index contributed by atoms with van der Waals surface area (Å²) in [7, 11) is 0. The minimum Gasteiger partial charge on any atom is -0.389 e. The molecule has 0 unspecified atom stereocenters. The topological polar surface area (TPSA) is 69.6 Å². The summed E-state index contributed by atoms with van der Waals surface area (Å²) in [5.74, 6) is 0.588. The number of rotatable bonds is 3. The zero-order chi connectivity index (χ0) is 13.3. The molecule has 2 heterocycles. The van der Waals surface area contributed by atoms with Gasteiger partial charge in [0.1, 0.15) is 4.99 Å². The van der Waals surface area contributed by atoms with Crippen molar-refractivity contribution < 1.29 is 0 Å². The Balaban J connectivity index is 2.66. The van der Waals surface area contributed by atoms with Crippen molar-refractivity contribution in [2.75, 3.05) is 0 Å². The quantitative estimate of drug-likeness (QED) is 0.847. The summed E-state index contributed by atoms with van der Waals surface area (Å²) < 4.78 is 1.76. The molecule has 0 aliphatic rings. The van der Waals surface area contributed by atoms with Crippen LogP contribution < -0.4 is 5.73 Å². The monoisotopic (exact) mass is 261 g/mol. The number of thiocarbonyl (C=S) groups is 1. The van der Waals surface area contributed by atoms with Gasteiger partial charge >= 0.3 is 0 Å². The van der Waals surface area contributed by atoms with E-state index in [1.54, 1.807) is 16.9 Å². The van der Waals surface area contributed by atoms with Crippen LogP contribution in [0.2, 0.25) is 0 Å². The van der Waals surface area contributed by atoms with E-state index in [1.165, 1.54) is 5.56 Å². The van der Waals surface area contributed by atoms with E-state index in [4.69, 9.17) is 18.0 Å². The second-order valence-electron chi connectivity index (χ2n) is 4.05. The van der Waals surface area contributed by atoms with Gasteiger partial charge in [-0.25, -0.2) is 4.68 Å². The molecule has 0 fully saturated rings. The Labute approximate surface area is 111 Å². The van der Waals surface area contributed by atoms with E-state index < -0.39 is 0 Å². The molecule has 2 N–H and O–H groups in total. The summed E-state index contributed by atoms with van der Waals surface area (Å²) in [6.45, 7) is 6.10. The maximum Gasteiger partial charge on any atom is 0.186 e. The van der Waals surface area contributed by atoms with Crippen LogP contribution in [0.25, 0.3) is 5.82 Å². The van der Waals surface area contributed by atoms with Gasteiger partial charge in [-0.2, -0.15) is 10.2 Å². The molecule has 0 saturated carbocycles. The third-order valence-electron chi connectivity index (χ3n) is 2.96. The van der Waals surface area contributed by atoms with E-state index in [0.717, 1.165) is 17.8 Å². The zero-order valence-electron chi connectivity index (χ0n) is 10.6. The van der Waals surface area contributed by atoms with Gasteiger partial charge in [0.2, 0.25) is 0 Å². The van der Waals surface area contributed by atoms with E-state index in [0.29, 0.717) is 16.4 Å². The molecule has 0 aromatic carbocycles. The van der Waals surface area contributed by atoms with Gasteiger partial charge < -0.3 is 5.73 Å². The fourth-order valence-corrected chi connectivity index (χ4v) is 2.23. The lowest BCUT2D eigenvalue weighted by Crippen LogP contribution is -2.16. The van der Waals surface area contributed by atoms with E-state index in [2.05, 4.69) is 22.2 Å². The van der Waals surface area contributed by atoms with Crippen molar-refractivity contribution in [2.24, 2.45) is 5.73 Å². The summed E-state index contributed by atoms with van der Waals surface area (Å²) in [4.78, 5) is 0.297. The lowest BCUT2D eigenvalue weighted by Gasteiger charge is -2.07. The van der Waals surface area contributed by atoms with Crippen LogP contribution in [0.15, 0.2) is 12.3 Å². The van der Waals surface area contributed by atoms with Gasteiger partial charge in [-0.3, -0.25) is 0 Å². The maximum atomic E-state index is 5.70. The van der Waals surface area contributed by atoms with Crippen molar-refractivity contribution in [3.8, 4) is 5.82 Å². The van der Waals surface area contributed by atoms with E-state index >= 15 is 0 Å². The zero-order valence-corrected chi connectivity index (χ0v) is 11.5. The van der Waals surface area contributed by atoms with Crippen molar-refractivity contribution >= 4 is 17.2 Å². The van der Waals surface area contributed by atoms with Gasteiger partial charge in [0, 0.05) is 5.69 Å². The maximum absolute atomic E-state index is 5.70. The van der Waals surface area contributed by atoms with Crippen LogP contribution in [-0.4, -0.2) is 25.0 Å². The van der Waals surface area contributed by atoms with Gasteiger partial charge in [0.05, 0.1) is 17.5 Å². The van der Waals surface area contributed by atoms with Crippen molar-refractivity contribution in [1.82, 2.24) is 20.0 Å². The van der Waals surface area contributed by atoms with E-state index in [-0.39, 0.29) is 0 Å². The highest BCUT2D eigenvalue weighted by atomic mass is 32.1. The van der Waals surface area contributed by atoms with Crippen LogP contribution in [0.1, 0.15) is 29.4 Å². The Hall–Kier alpha value is -1.82. The molecular weight excluding hydrogens is 246 g/mol. The van der Waals surface area contributed by atoms with Gasteiger partial charge in [-0.1, -0.05) is 19.1 Å². The van der Waals surface area contributed by atoms with Gasteiger partial charge in [0.25, 0.3) is 0 Å². The standard InChI is InChI=1S/C12H15N5S/c1-4-9-7(2)16-17(8(9)3)12-10(11(13)18)5-6-14-15-12/h5-6H,4H2,1-3H3,(H2,13,18). The minimum atomic E-state index is 0.297. The summed E-state index contributed by atoms with van der Waals surface area (Å²) in [6, 6.07) is 1.76. The van der Waals surface area contributed by atoms with Crippen LogP contribution in [0.4, 0.5) is 0 Å². The largest absolute Gasteiger partial charge is 0.389 e. The first kappa shape index (κ1) is 12.6. The molecule has 2 aromatic rings. The van der Waals surface area contributed by atoms with E-state index in [9.17, 15) is 0 Å². The number of nitrogens with two attached hydrogens (primary N) is 1. The Morgan fingerprint density at radius 3 is 2.72 bits per heavy atom. The lowest BCUT2D eigenvalue weighted by molar-refractivity contribution is 0.778. The molecule has 0 spiro atoms. The van der Waals surface area contributed by atoms with Crippen LogP contribution >= 0.6 is 12.2 Å². The predicted molar refractivity (Wildman–Crippen MR) is 73.9 cm³/mol. The molecule has 0 amide bonds. The first-order valence-electron chi connectivity index (χ1n) is 5.73. The molecule has 0 bridgehead atoms. The van der Waals surface area contributed by atoms with Crippen molar-refractivity contribution in [3.63, 3.8) is 0 Å². The molecular formula is C12H15N5S. The Kier molecular flexibility index (Phi) is 3.38. The fraction of sp³-hybridized carbons (Fsp3) is 0.333. The molecule has 18 heavy (non-hydrogen) atoms. The summed E-state index contributed by atoms with van der Waals surface area (Å²) in [6.07, 6.45) is 2.50. The average Bonchev–Trinajstić information content (AvgIpc) is 2.64. The molecule has 2 rings (SSSR count). The van der Waals surface area contributed by atoms with Crippen molar-refractivity contribution in [1.29, 1.82) is 0 Å². The van der Waals surface area contributed by atoms with Gasteiger partial charge in [-0.05, 0) is 31.9 Å². The Bertz CT molecular complexity index is 603. The number of hydrogen-bond donors (Lipinski definition) is 1. The third kappa shape index (κ3) is 1.99. The molecule has 2 aromatic heterocycles. The molecule has 0 radical (unpaired) electrons. The smallest absolute Gasteiger partial charge is 0.186 e. The van der Waals surface area contributed by atoms with Crippen LogP contribution in [0.5, 0.6) is 0 Å². The molecule has 94 valence electrons. The van der Waals surface area contributed by atoms with Crippen LogP contribution in [0.3, 0.4) is 0 Å². The second-order valence-corrected chi connectivity index (χ2v) is 4.49. The summed E-state index contributed by atoms with van der Waals surface area (Å²) in [5.41, 5.74) is 9.65. The highest BCUT2D eigenvalue weighted by Gasteiger charge is 2.16. The highest BCUT2D eigenvalue weighted by molar-refractivity contribution is 7.80. The van der Waals surface area contributed by atoms with Crippen LogP contribution in [-0.2, 0) is 6.42 Å². The normalized spacial score (nSPS) is 10.6. The molecule has 0 aliphatic heterocycles. The molecule has 0 atom stereocenters. The number of nitrogens with zero attached hydrogens (tertiary/aromatic N) is 4. The average molecular weight is 261 g/mol. The molecule has 5 nitrogen and oxygen atoms in total. The predicted octanol–water partition coefficient (Wildman–Crippen LogP) is 1.48. The fourth-order valence-electron chi connectivity index (χ4n) is 2.07. The summed E-state index contributed by atoms with van der Waals surface area (Å²) in [5, 5.41) is 12.5. The number of hydrogen-bond acceptors (Lipinski definition) is 4. The van der Waals surface area contributed by atoms with Crippen LogP contribution in [0, 0.1) is 13.8 Å². The number of aromatic nitrogens is 4. The minimum absolute atomic E-state index is 0.297. The van der Waals surface area contributed by atoms with E-state index in [1.807, 2.05) is 13.8 Å². The van der Waals surface area contributed by atoms with Crippen molar-refractivity contribution in [2.45, 2.75) is 27.2 Å². The van der Waals surface area contributed by atoms with Gasteiger partial charge in [-0.15, -0.1) is 5.10 Å². The Morgan fingerprint density at radius 1 is 1.44 bits per heavy atom. The molecule has 6 heteroatoms. The van der Waals surface area contributed by atoms with Crippen molar-refractivity contribution in [3.05, 3.63) is 34.8 Å². The van der Waals surface area contributed by atoms with Gasteiger partial charge in [0.15, 0.2) is 5.82 Å². The molecule has 0 aliphatic carbocycles. The molecule has 0 saturated heterocycles. The number of aryl methyl sites for hydroxylation is 1. The SMILES string of the molecule is CCc1c(C)nn(-c2nnccc2C(N)=S)c1C. The first-order chi connectivity index (χ1) is 8.56. The first-order valence-corrected chi connectivity index (χ1v) is 6.14. The highest BCUT2D eigenvalue weighted by Crippen LogP contribution is 2.18. The lowest BCUT2D eigenvalue weighted by atomic mass is 10.1. The summed E-state index contributed by atoms with van der Waals surface area (Å²) >= 11 is 5.03. The third-order valence-corrected chi connectivity index (χ3v) is 3.18. The Morgan fingerprint density at radius 2 is 2.17 bits per heavy atom. The second kappa shape index (κ2) is 4.81.